The molecule has 129 valence electrons. The number of fused-ring (bicyclic) bond motifs is 1. The minimum Gasteiger partial charge on any atom is -1.00 e. The molecule has 3 heteroatoms. The largest absolute Gasteiger partial charge is 1.00 e. The minimum absolute atomic E-state index is 0. The maximum absolute atomic E-state index is 2.49. The molecule has 0 radical (unpaired) electrons. The molecule has 3 aromatic rings. The second kappa shape index (κ2) is 7.63. The van der Waals surface area contributed by atoms with Gasteiger partial charge in [-0.1, -0.05) is 0 Å². The topological polar surface area (TPSA) is 0 Å². The molecule has 0 fully saturated rings. The molecule has 3 aromatic carbocycles. The summed E-state index contributed by atoms with van der Waals surface area (Å²) in [6.07, 6.45) is 3.70. The molecule has 0 heterocycles. The van der Waals surface area contributed by atoms with E-state index >= 15 is 0 Å². The van der Waals surface area contributed by atoms with Crippen molar-refractivity contribution in [3.05, 3.63) is 88.5 Å². The normalized spacial score (nSPS) is 22.4. The average Bonchev–Trinajstić information content (AvgIpc) is 3.12. The van der Waals surface area contributed by atoms with E-state index in [1.165, 1.54) is 28.3 Å². The predicted octanol–water partition coefficient (Wildman–Crippen LogP) is 0.124. The molecule has 2 aliphatic carbocycles. The zero-order valence-corrected chi connectivity index (χ0v) is 18.5. The molecule has 0 bridgehead atoms. The molecule has 0 amide bonds. The number of rotatable bonds is 2. The third-order valence-electron chi connectivity index (χ3n) is 5.87. The Kier molecular flexibility index (Phi) is 5.83. The number of hydrogen-bond donors (Lipinski definition) is 0. The fourth-order valence-electron chi connectivity index (χ4n) is 4.85. The molecule has 0 spiro atoms. The maximum Gasteiger partial charge on any atom is -1.00 e. The van der Waals surface area contributed by atoms with Crippen molar-refractivity contribution < 1.29 is 49.5 Å². The number of halogens is 2. The van der Waals surface area contributed by atoms with E-state index < -0.39 is 0 Å². The Labute approximate surface area is 182 Å². The Balaban J connectivity index is 0.000000980. The zero-order valence-electron chi connectivity index (χ0n) is 14.5. The van der Waals surface area contributed by atoms with Gasteiger partial charge in [0, 0.05) is 0 Å². The van der Waals surface area contributed by atoms with Crippen molar-refractivity contribution in [2.75, 3.05) is 0 Å². The molecule has 5 rings (SSSR count). The van der Waals surface area contributed by atoms with Crippen LogP contribution in [0.25, 0.3) is 16.8 Å². The molecule has 0 N–H and O–H groups in total. The van der Waals surface area contributed by atoms with Crippen LogP contribution in [0.2, 0.25) is 0 Å². The standard InChI is InChI=1S/C23H19.2ClH.Zr/c1-2-19-20-11-5-9-15-10-6-12-21(22(15)20)23(19)18-13-16-7-3-4-8-17(16)14-18;;;/h3-14,19,23H,2H2,1H3;2*1H;/q;;;+2/p-2. The molecule has 3 atom stereocenters. The van der Waals surface area contributed by atoms with Gasteiger partial charge in [0.15, 0.2) is 0 Å². The Bertz CT molecular complexity index is 987. The van der Waals surface area contributed by atoms with Crippen molar-refractivity contribution in [3.8, 4) is 0 Å². The van der Waals surface area contributed by atoms with E-state index in [-0.39, 0.29) is 24.8 Å². The van der Waals surface area contributed by atoms with Crippen LogP contribution >= 0.6 is 0 Å². The Morgan fingerprint density at radius 3 is 2.15 bits per heavy atom. The van der Waals surface area contributed by atoms with Gasteiger partial charge in [0.05, 0.1) is 0 Å². The van der Waals surface area contributed by atoms with Crippen molar-refractivity contribution in [1.29, 1.82) is 0 Å². The van der Waals surface area contributed by atoms with Crippen LogP contribution in [0.5, 0.6) is 0 Å². The van der Waals surface area contributed by atoms with Crippen molar-refractivity contribution >= 4 is 16.8 Å². The van der Waals surface area contributed by atoms with Gasteiger partial charge >= 0.3 is 159 Å². The molecule has 3 unspecified atom stereocenters. The van der Waals surface area contributed by atoms with E-state index in [0.717, 1.165) is 0 Å². The van der Waals surface area contributed by atoms with Crippen LogP contribution < -0.4 is 24.8 Å². The fraction of sp³-hybridized carbons (Fsp3) is 0.217. The summed E-state index contributed by atoms with van der Waals surface area (Å²) in [5.41, 5.74) is 7.73. The van der Waals surface area contributed by atoms with Crippen LogP contribution in [0.15, 0.2) is 66.2 Å². The third kappa shape index (κ3) is 2.75. The van der Waals surface area contributed by atoms with E-state index in [4.69, 9.17) is 0 Å². The average molecular weight is 458 g/mol. The van der Waals surface area contributed by atoms with Crippen molar-refractivity contribution in [2.45, 2.75) is 28.8 Å². The van der Waals surface area contributed by atoms with Gasteiger partial charge in [0.1, 0.15) is 0 Å². The summed E-state index contributed by atoms with van der Waals surface area (Å²) in [4.78, 5) is 0. The van der Waals surface area contributed by atoms with Crippen LogP contribution in [-0.2, 0) is 24.7 Å². The van der Waals surface area contributed by atoms with Gasteiger partial charge in [-0.05, 0) is 0 Å². The summed E-state index contributed by atoms with van der Waals surface area (Å²) in [6, 6.07) is 22.7. The Morgan fingerprint density at radius 2 is 1.46 bits per heavy atom. The second-order valence-corrected chi connectivity index (χ2v) is 8.41. The SMILES string of the molecule is CCC1c2cccc3cccc(c23)C1C1=Cc2ccccc2[CH]1[Zr+2].[Cl-].[Cl-]. The van der Waals surface area contributed by atoms with E-state index in [2.05, 4.69) is 73.7 Å². The van der Waals surface area contributed by atoms with Gasteiger partial charge in [-0.25, -0.2) is 0 Å². The van der Waals surface area contributed by atoms with Crippen molar-refractivity contribution in [3.63, 3.8) is 0 Å². The second-order valence-electron chi connectivity index (χ2n) is 6.99. The van der Waals surface area contributed by atoms with Gasteiger partial charge in [-0.2, -0.15) is 0 Å². The van der Waals surface area contributed by atoms with E-state index in [1.54, 1.807) is 41.4 Å². The predicted molar refractivity (Wildman–Crippen MR) is 96.9 cm³/mol. The maximum atomic E-state index is 2.49. The van der Waals surface area contributed by atoms with Gasteiger partial charge in [0.2, 0.25) is 0 Å². The summed E-state index contributed by atoms with van der Waals surface area (Å²) in [5.74, 6) is 1.17. The number of hydrogen-bond acceptors (Lipinski definition) is 0. The first-order valence-corrected chi connectivity index (χ1v) is 10.2. The molecule has 2 aliphatic rings. The van der Waals surface area contributed by atoms with Gasteiger partial charge < -0.3 is 24.8 Å². The first-order valence-electron chi connectivity index (χ1n) is 8.82. The number of benzene rings is 3. The smallest absolute Gasteiger partial charge is 1.00 e. The summed E-state index contributed by atoms with van der Waals surface area (Å²) < 4.78 is 0.608. The summed E-state index contributed by atoms with van der Waals surface area (Å²) >= 11 is 1.61. The van der Waals surface area contributed by atoms with Gasteiger partial charge in [-0.15, -0.1) is 0 Å². The molecule has 0 aromatic heterocycles. The monoisotopic (exact) mass is 455 g/mol. The molecule has 0 saturated heterocycles. The van der Waals surface area contributed by atoms with Gasteiger partial charge in [-0.3, -0.25) is 0 Å². The van der Waals surface area contributed by atoms with E-state index in [1.807, 2.05) is 0 Å². The molecule has 0 aliphatic heterocycles. The van der Waals surface area contributed by atoms with E-state index in [0.29, 0.717) is 15.5 Å². The minimum atomic E-state index is 0. The third-order valence-corrected chi connectivity index (χ3v) is 7.45. The van der Waals surface area contributed by atoms with E-state index in [9.17, 15) is 0 Å². The molecular formula is C23H19Cl2Zr. The first-order chi connectivity index (χ1) is 11.8. The zero-order chi connectivity index (χ0) is 16.3. The Morgan fingerprint density at radius 1 is 0.808 bits per heavy atom. The van der Waals surface area contributed by atoms with Crippen LogP contribution in [0, 0.1) is 0 Å². The first kappa shape index (κ1) is 19.9. The summed E-state index contributed by atoms with van der Waals surface area (Å²) in [5, 5.41) is 2.93. The summed E-state index contributed by atoms with van der Waals surface area (Å²) in [7, 11) is 0. The Hall–Kier alpha value is -0.877. The quantitative estimate of drug-likeness (QED) is 0.513. The number of allylic oxidation sites excluding steroid dienone is 1. The fourth-order valence-corrected chi connectivity index (χ4v) is 6.14. The molecule has 0 nitrogen and oxygen atoms in total. The van der Waals surface area contributed by atoms with Crippen LogP contribution in [-0.4, -0.2) is 0 Å². The van der Waals surface area contributed by atoms with Gasteiger partial charge in [0.25, 0.3) is 0 Å². The van der Waals surface area contributed by atoms with Crippen LogP contribution in [0.4, 0.5) is 0 Å². The van der Waals surface area contributed by atoms with Crippen LogP contribution in [0.1, 0.15) is 51.1 Å². The molecular weight excluding hydrogens is 438 g/mol. The van der Waals surface area contributed by atoms with Crippen LogP contribution in [0.3, 0.4) is 0 Å². The molecule has 0 saturated carbocycles. The summed E-state index contributed by atoms with van der Waals surface area (Å²) in [6.45, 7) is 2.35. The molecule has 26 heavy (non-hydrogen) atoms. The van der Waals surface area contributed by atoms with Crippen molar-refractivity contribution in [2.24, 2.45) is 0 Å². The van der Waals surface area contributed by atoms with Crippen molar-refractivity contribution in [1.82, 2.24) is 0 Å².